The molecule has 5 heteroatoms. The van der Waals surface area contributed by atoms with E-state index in [0.29, 0.717) is 12.5 Å². The van der Waals surface area contributed by atoms with Gasteiger partial charge in [0.2, 0.25) is 0 Å². The number of benzene rings is 5. The first kappa shape index (κ1) is 36.0. The van der Waals surface area contributed by atoms with E-state index >= 15 is 0 Å². The minimum Gasteiger partial charge on any atom is -0.405 e. The van der Waals surface area contributed by atoms with Crippen LogP contribution < -0.4 is 10.4 Å². The van der Waals surface area contributed by atoms with Crippen molar-refractivity contribution in [1.29, 1.82) is 0 Å². The lowest BCUT2D eigenvalue weighted by molar-refractivity contribution is -0.0646. The van der Waals surface area contributed by atoms with Crippen LogP contribution in [0.5, 0.6) is 0 Å². The van der Waals surface area contributed by atoms with Crippen molar-refractivity contribution in [2.24, 2.45) is 5.92 Å². The van der Waals surface area contributed by atoms with Crippen LogP contribution in [0, 0.1) is 5.92 Å². The molecule has 0 amide bonds. The van der Waals surface area contributed by atoms with E-state index in [1.54, 1.807) is 0 Å². The summed E-state index contributed by atoms with van der Waals surface area (Å²) in [6, 6.07) is 52.9. The first-order chi connectivity index (χ1) is 24.3. The lowest BCUT2D eigenvalue weighted by atomic mass is 9.79. The maximum absolute atomic E-state index is 11.3. The molecular weight excluding hydrogens is 633 g/mol. The van der Waals surface area contributed by atoms with Crippen molar-refractivity contribution >= 4 is 18.7 Å². The standard InChI is InChI=1S/C45H52O4Si/c1-44(2,3)50(42-28-15-7-16-29-42,43-30-17-8-18-31-43)49-35-40(46)34-47-41-27-19-20-36(32-41)33-48-45(37-21-9-4-10-22-37,38-23-11-5-12-24-38)39-25-13-6-14-26-39/h4-18,21-26,28-31,36,40-41,46H,19-20,27,32-35H2,1-3H3/t36-,40-,41+/m0/s1. The minimum absolute atomic E-state index is 0.0689. The molecule has 0 radical (unpaired) electrons. The van der Waals surface area contributed by atoms with E-state index in [1.807, 2.05) is 12.1 Å². The fourth-order valence-electron chi connectivity index (χ4n) is 7.83. The molecule has 4 nitrogen and oxygen atoms in total. The first-order valence-electron chi connectivity index (χ1n) is 18.2. The van der Waals surface area contributed by atoms with Crippen LogP contribution in [0.3, 0.4) is 0 Å². The second-order valence-corrected chi connectivity index (χ2v) is 19.0. The highest BCUT2D eigenvalue weighted by Crippen LogP contribution is 2.42. The van der Waals surface area contributed by atoms with E-state index in [4.69, 9.17) is 13.9 Å². The molecule has 1 fully saturated rings. The number of hydrogen-bond acceptors (Lipinski definition) is 4. The molecule has 5 aromatic rings. The lowest BCUT2D eigenvalue weighted by Gasteiger charge is -2.43. The summed E-state index contributed by atoms with van der Waals surface area (Å²) in [4.78, 5) is 0. The largest absolute Gasteiger partial charge is 0.405 e. The third-order valence-electron chi connectivity index (χ3n) is 10.2. The monoisotopic (exact) mass is 684 g/mol. The third-order valence-corrected chi connectivity index (χ3v) is 15.2. The van der Waals surface area contributed by atoms with Crippen LogP contribution in [-0.2, 0) is 19.5 Å². The van der Waals surface area contributed by atoms with E-state index in [-0.39, 0.29) is 24.4 Å². The Labute approximate surface area is 300 Å². The van der Waals surface area contributed by atoms with Gasteiger partial charge in [-0.1, -0.05) is 179 Å². The Bertz CT molecular complexity index is 1570. The molecule has 0 aromatic heterocycles. The Morgan fingerprint density at radius 3 is 1.50 bits per heavy atom. The summed E-state index contributed by atoms with van der Waals surface area (Å²) in [5.74, 6) is 0.342. The summed E-state index contributed by atoms with van der Waals surface area (Å²) in [5, 5.41) is 13.6. The molecule has 0 spiro atoms. The maximum Gasteiger partial charge on any atom is 0.261 e. The van der Waals surface area contributed by atoms with Gasteiger partial charge >= 0.3 is 0 Å². The van der Waals surface area contributed by atoms with Crippen LogP contribution in [0.25, 0.3) is 0 Å². The normalized spacial score (nSPS) is 17.7. The number of aliphatic hydroxyl groups excluding tert-OH is 1. The highest BCUT2D eigenvalue weighted by molar-refractivity contribution is 6.99. The lowest BCUT2D eigenvalue weighted by Crippen LogP contribution is -2.67. The average Bonchev–Trinajstić information content (AvgIpc) is 3.16. The Kier molecular flexibility index (Phi) is 11.8. The summed E-state index contributed by atoms with van der Waals surface area (Å²) in [5.41, 5.74) is 2.62. The summed E-state index contributed by atoms with van der Waals surface area (Å²) in [6.07, 6.45) is 3.39. The van der Waals surface area contributed by atoms with Gasteiger partial charge in [-0.15, -0.1) is 0 Å². The summed E-state index contributed by atoms with van der Waals surface area (Å²) in [7, 11) is -2.74. The van der Waals surface area contributed by atoms with Crippen LogP contribution >= 0.6 is 0 Å². The molecular formula is C45H52O4Si. The van der Waals surface area contributed by atoms with Crippen molar-refractivity contribution in [3.63, 3.8) is 0 Å². The van der Waals surface area contributed by atoms with Crippen molar-refractivity contribution in [2.45, 2.75) is 69.3 Å². The van der Waals surface area contributed by atoms with Gasteiger partial charge in [0.15, 0.2) is 0 Å². The van der Waals surface area contributed by atoms with E-state index in [9.17, 15) is 5.11 Å². The molecule has 50 heavy (non-hydrogen) atoms. The van der Waals surface area contributed by atoms with Crippen molar-refractivity contribution in [2.75, 3.05) is 19.8 Å². The smallest absolute Gasteiger partial charge is 0.261 e. The number of ether oxygens (including phenoxy) is 2. The molecule has 1 aliphatic rings. The molecule has 0 aliphatic heterocycles. The first-order valence-corrected chi connectivity index (χ1v) is 20.1. The number of rotatable bonds is 14. The van der Waals surface area contributed by atoms with Gasteiger partial charge in [0.1, 0.15) is 5.60 Å². The predicted molar refractivity (Wildman–Crippen MR) is 206 cm³/mol. The Balaban J connectivity index is 1.13. The summed E-state index contributed by atoms with van der Waals surface area (Å²) < 4.78 is 20.6. The number of hydrogen-bond donors (Lipinski definition) is 1. The molecule has 0 heterocycles. The highest BCUT2D eigenvalue weighted by Gasteiger charge is 2.50. The fourth-order valence-corrected chi connectivity index (χ4v) is 12.4. The van der Waals surface area contributed by atoms with E-state index in [2.05, 4.69) is 160 Å². The predicted octanol–water partition coefficient (Wildman–Crippen LogP) is 8.51. The van der Waals surface area contributed by atoms with Crippen molar-refractivity contribution < 1.29 is 19.0 Å². The molecule has 1 aliphatic carbocycles. The van der Waals surface area contributed by atoms with E-state index in [1.165, 1.54) is 10.4 Å². The fraction of sp³-hybridized carbons (Fsp3) is 0.333. The van der Waals surface area contributed by atoms with Crippen LogP contribution in [0.1, 0.15) is 63.1 Å². The molecule has 260 valence electrons. The quantitative estimate of drug-likeness (QED) is 0.0942. The van der Waals surface area contributed by atoms with Gasteiger partial charge in [-0.05, 0) is 57.3 Å². The molecule has 1 N–H and O–H groups in total. The van der Waals surface area contributed by atoms with Crippen LogP contribution in [0.2, 0.25) is 5.04 Å². The minimum atomic E-state index is -2.74. The second kappa shape index (κ2) is 16.5. The van der Waals surface area contributed by atoms with E-state index < -0.39 is 20.0 Å². The topological polar surface area (TPSA) is 47.9 Å². The molecule has 1 saturated carbocycles. The zero-order valence-corrected chi connectivity index (χ0v) is 30.8. The van der Waals surface area contributed by atoms with Crippen LogP contribution in [0.15, 0.2) is 152 Å². The summed E-state index contributed by atoms with van der Waals surface area (Å²) in [6.45, 7) is 7.86. The Morgan fingerprint density at radius 1 is 0.620 bits per heavy atom. The Morgan fingerprint density at radius 2 is 1.06 bits per heavy atom. The van der Waals surface area contributed by atoms with Gasteiger partial charge in [-0.25, -0.2) is 0 Å². The third kappa shape index (κ3) is 7.88. The van der Waals surface area contributed by atoms with Gasteiger partial charge in [-0.2, -0.15) is 0 Å². The van der Waals surface area contributed by atoms with Gasteiger partial charge in [0.25, 0.3) is 8.32 Å². The SMILES string of the molecule is CC(C)(C)[Si](OC[C@@H](O)CO[C@@H]1CCC[C@H](COC(c2ccccc2)(c2ccccc2)c2ccccc2)C1)(c1ccccc1)c1ccccc1. The zero-order chi connectivity index (χ0) is 34.9. The number of aliphatic hydroxyl groups is 1. The highest BCUT2D eigenvalue weighted by atomic mass is 28.4. The molecule has 0 bridgehead atoms. The molecule has 3 atom stereocenters. The average molecular weight is 685 g/mol. The molecule has 0 saturated heterocycles. The van der Waals surface area contributed by atoms with Crippen molar-refractivity contribution in [3.8, 4) is 0 Å². The summed E-state index contributed by atoms with van der Waals surface area (Å²) >= 11 is 0. The molecule has 6 rings (SSSR count). The molecule has 5 aromatic carbocycles. The van der Waals surface area contributed by atoms with Crippen LogP contribution in [0.4, 0.5) is 0 Å². The van der Waals surface area contributed by atoms with Gasteiger partial charge < -0.3 is 19.0 Å². The van der Waals surface area contributed by atoms with Gasteiger partial charge in [0, 0.05) is 0 Å². The van der Waals surface area contributed by atoms with Gasteiger partial charge in [-0.3, -0.25) is 0 Å². The molecule has 0 unspecified atom stereocenters. The van der Waals surface area contributed by atoms with Crippen LogP contribution in [-0.4, -0.2) is 45.5 Å². The zero-order valence-electron chi connectivity index (χ0n) is 29.8. The van der Waals surface area contributed by atoms with Crippen molar-refractivity contribution in [3.05, 3.63) is 168 Å². The second-order valence-electron chi connectivity index (χ2n) is 14.7. The Hall–Kier alpha value is -3.84. The van der Waals surface area contributed by atoms with Crippen molar-refractivity contribution in [1.82, 2.24) is 0 Å². The maximum atomic E-state index is 11.3. The van der Waals surface area contributed by atoms with Gasteiger partial charge in [0.05, 0.1) is 32.0 Å². The van der Waals surface area contributed by atoms with E-state index in [0.717, 1.165) is 42.4 Å².